The van der Waals surface area contributed by atoms with Crippen LogP contribution >= 0.6 is 0 Å². The van der Waals surface area contributed by atoms with Crippen LogP contribution in [0.3, 0.4) is 0 Å². The smallest absolute Gasteiger partial charge is 0.121 e. The van der Waals surface area contributed by atoms with Gasteiger partial charge in [-0.05, 0) is 47.2 Å². The molecule has 1 unspecified atom stereocenters. The summed E-state index contributed by atoms with van der Waals surface area (Å²) < 4.78 is 0. The highest BCUT2D eigenvalue weighted by Gasteiger charge is 2.20. The molecule has 0 fully saturated rings. The molecule has 3 N–H and O–H groups in total. The van der Waals surface area contributed by atoms with E-state index in [1.165, 1.54) is 5.56 Å². The van der Waals surface area contributed by atoms with E-state index < -0.39 is 0 Å². The van der Waals surface area contributed by atoms with E-state index in [4.69, 9.17) is 0 Å². The van der Waals surface area contributed by atoms with Crippen molar-refractivity contribution in [3.63, 3.8) is 0 Å². The number of aliphatic hydroxyl groups is 2. The van der Waals surface area contributed by atoms with Crippen molar-refractivity contribution in [1.29, 1.82) is 0 Å². The molecule has 0 bridgehead atoms. The highest BCUT2D eigenvalue weighted by molar-refractivity contribution is 5.67. The maximum absolute atomic E-state index is 9.80. The quantitative estimate of drug-likeness (QED) is 0.773. The van der Waals surface area contributed by atoms with Crippen LogP contribution in [0.2, 0.25) is 0 Å². The van der Waals surface area contributed by atoms with Gasteiger partial charge in [0.1, 0.15) is 5.75 Å². The summed E-state index contributed by atoms with van der Waals surface area (Å²) in [6.07, 6.45) is 1.35. The molecule has 0 saturated heterocycles. The van der Waals surface area contributed by atoms with Gasteiger partial charge in [-0.15, -0.1) is 0 Å². The van der Waals surface area contributed by atoms with Gasteiger partial charge < -0.3 is 15.3 Å². The van der Waals surface area contributed by atoms with Crippen LogP contribution < -0.4 is 0 Å². The predicted octanol–water partition coefficient (Wildman–Crippen LogP) is 2.53. The zero-order valence-corrected chi connectivity index (χ0v) is 10.5. The molecule has 0 saturated carbocycles. The molecule has 1 aliphatic carbocycles. The van der Waals surface area contributed by atoms with Gasteiger partial charge >= 0.3 is 0 Å². The third kappa shape index (κ3) is 2.11. The molecule has 2 aromatic rings. The van der Waals surface area contributed by atoms with Crippen molar-refractivity contribution >= 4 is 0 Å². The second-order valence-corrected chi connectivity index (χ2v) is 4.97. The molecule has 2 aromatic carbocycles. The SMILES string of the molecule is OCc1cc(-c2ccc3c(c2)CCC3O)ccc1O. The average Bonchev–Trinajstić information content (AvgIpc) is 2.80. The van der Waals surface area contributed by atoms with Crippen molar-refractivity contribution in [3.8, 4) is 16.9 Å². The Kier molecular flexibility index (Phi) is 3.01. The van der Waals surface area contributed by atoms with E-state index in [2.05, 4.69) is 6.07 Å². The molecule has 0 spiro atoms. The lowest BCUT2D eigenvalue weighted by Crippen LogP contribution is -1.91. The summed E-state index contributed by atoms with van der Waals surface area (Å²) in [6.45, 7) is -0.177. The molecule has 0 amide bonds. The molecule has 3 rings (SSSR count). The Balaban J connectivity index is 2.03. The Morgan fingerprint density at radius 2 is 1.79 bits per heavy atom. The van der Waals surface area contributed by atoms with Gasteiger partial charge in [-0.2, -0.15) is 0 Å². The van der Waals surface area contributed by atoms with Gasteiger partial charge in [0, 0.05) is 5.56 Å². The van der Waals surface area contributed by atoms with Gasteiger partial charge in [0.15, 0.2) is 0 Å². The zero-order chi connectivity index (χ0) is 13.4. The van der Waals surface area contributed by atoms with Crippen molar-refractivity contribution in [3.05, 3.63) is 53.1 Å². The van der Waals surface area contributed by atoms with Crippen LogP contribution in [0.1, 0.15) is 29.2 Å². The molecule has 98 valence electrons. The molecule has 3 nitrogen and oxygen atoms in total. The standard InChI is InChI=1S/C16H16O3/c17-9-13-8-11(2-5-15(13)18)10-1-4-14-12(7-10)3-6-16(14)19/h1-2,4-5,7-8,16-19H,3,6,9H2. The van der Waals surface area contributed by atoms with Crippen molar-refractivity contribution in [1.82, 2.24) is 0 Å². The predicted molar refractivity (Wildman–Crippen MR) is 72.7 cm³/mol. The third-order valence-corrected chi connectivity index (χ3v) is 3.77. The van der Waals surface area contributed by atoms with Gasteiger partial charge in [0.05, 0.1) is 12.7 Å². The molecule has 1 aliphatic rings. The number of phenols is 1. The highest BCUT2D eigenvalue weighted by atomic mass is 16.3. The lowest BCUT2D eigenvalue weighted by atomic mass is 9.98. The number of hydrogen-bond acceptors (Lipinski definition) is 3. The Labute approximate surface area is 111 Å². The molecule has 1 atom stereocenters. The fourth-order valence-corrected chi connectivity index (χ4v) is 2.67. The Bertz CT molecular complexity index is 619. The average molecular weight is 256 g/mol. The van der Waals surface area contributed by atoms with Crippen molar-refractivity contribution in [2.45, 2.75) is 25.6 Å². The molecule has 3 heteroatoms. The lowest BCUT2D eigenvalue weighted by Gasteiger charge is -2.09. The molecular formula is C16H16O3. The minimum atomic E-state index is -0.336. The first kappa shape index (κ1) is 12.2. The number of aryl methyl sites for hydroxylation is 1. The van der Waals surface area contributed by atoms with Crippen LogP contribution in [0.15, 0.2) is 36.4 Å². The monoisotopic (exact) mass is 256 g/mol. The van der Waals surface area contributed by atoms with Crippen molar-refractivity contribution in [2.75, 3.05) is 0 Å². The van der Waals surface area contributed by atoms with Crippen LogP contribution in [-0.2, 0) is 13.0 Å². The minimum Gasteiger partial charge on any atom is -0.508 e. The summed E-state index contributed by atoms with van der Waals surface area (Å²) in [5, 5.41) is 28.6. The first-order valence-electron chi connectivity index (χ1n) is 6.43. The Hall–Kier alpha value is -1.84. The first-order chi connectivity index (χ1) is 9.19. The lowest BCUT2D eigenvalue weighted by molar-refractivity contribution is 0.180. The number of aromatic hydroxyl groups is 1. The summed E-state index contributed by atoms with van der Waals surface area (Å²) in [4.78, 5) is 0. The molecule has 0 aromatic heterocycles. The zero-order valence-electron chi connectivity index (χ0n) is 10.5. The maximum atomic E-state index is 9.80. The Morgan fingerprint density at radius 1 is 1.05 bits per heavy atom. The van der Waals surface area contributed by atoms with Crippen LogP contribution in [0, 0.1) is 0 Å². The van der Waals surface area contributed by atoms with Gasteiger partial charge in [-0.1, -0.05) is 24.3 Å². The van der Waals surface area contributed by atoms with Crippen LogP contribution in [-0.4, -0.2) is 15.3 Å². The second-order valence-electron chi connectivity index (χ2n) is 4.97. The summed E-state index contributed by atoms with van der Waals surface area (Å²) >= 11 is 0. The van der Waals surface area contributed by atoms with E-state index in [-0.39, 0.29) is 18.5 Å². The number of aliphatic hydroxyl groups excluding tert-OH is 2. The van der Waals surface area contributed by atoms with Gasteiger partial charge in [0.25, 0.3) is 0 Å². The Morgan fingerprint density at radius 3 is 2.58 bits per heavy atom. The molecule has 0 aliphatic heterocycles. The summed E-state index contributed by atoms with van der Waals surface area (Å²) in [6, 6.07) is 11.3. The second kappa shape index (κ2) is 4.68. The first-order valence-corrected chi connectivity index (χ1v) is 6.43. The molecule has 0 heterocycles. The summed E-state index contributed by atoms with van der Waals surface area (Å²) in [5.74, 6) is 0.114. The summed E-state index contributed by atoms with van der Waals surface area (Å²) in [7, 11) is 0. The van der Waals surface area contributed by atoms with Gasteiger partial charge in [-0.3, -0.25) is 0 Å². The minimum absolute atomic E-state index is 0.114. The summed E-state index contributed by atoms with van der Waals surface area (Å²) in [5.41, 5.74) is 4.74. The number of rotatable bonds is 2. The van der Waals surface area contributed by atoms with Crippen LogP contribution in [0.25, 0.3) is 11.1 Å². The largest absolute Gasteiger partial charge is 0.508 e. The van der Waals surface area contributed by atoms with E-state index >= 15 is 0 Å². The third-order valence-electron chi connectivity index (χ3n) is 3.77. The normalized spacial score (nSPS) is 17.5. The van der Waals surface area contributed by atoms with Crippen molar-refractivity contribution in [2.24, 2.45) is 0 Å². The van der Waals surface area contributed by atoms with Crippen LogP contribution in [0.4, 0.5) is 0 Å². The van der Waals surface area contributed by atoms with Gasteiger partial charge in [0.2, 0.25) is 0 Å². The number of fused-ring (bicyclic) bond motifs is 1. The topological polar surface area (TPSA) is 60.7 Å². The van der Waals surface area contributed by atoms with E-state index in [0.29, 0.717) is 5.56 Å². The molecular weight excluding hydrogens is 240 g/mol. The fraction of sp³-hybridized carbons (Fsp3) is 0.250. The highest BCUT2D eigenvalue weighted by Crippen LogP contribution is 2.34. The fourth-order valence-electron chi connectivity index (χ4n) is 2.67. The molecule has 19 heavy (non-hydrogen) atoms. The van der Waals surface area contributed by atoms with Crippen molar-refractivity contribution < 1.29 is 15.3 Å². The number of benzene rings is 2. The van der Waals surface area contributed by atoms with Gasteiger partial charge in [-0.25, -0.2) is 0 Å². The van der Waals surface area contributed by atoms with Crippen LogP contribution in [0.5, 0.6) is 5.75 Å². The number of hydrogen-bond donors (Lipinski definition) is 3. The van der Waals surface area contributed by atoms with E-state index in [0.717, 1.165) is 29.5 Å². The molecule has 0 radical (unpaired) electrons. The maximum Gasteiger partial charge on any atom is 0.121 e. The van der Waals surface area contributed by atoms with E-state index in [9.17, 15) is 15.3 Å². The van der Waals surface area contributed by atoms with E-state index in [1.54, 1.807) is 12.1 Å². The van der Waals surface area contributed by atoms with E-state index in [1.807, 2.05) is 18.2 Å².